The fourth-order valence-corrected chi connectivity index (χ4v) is 3.79. The van der Waals surface area contributed by atoms with Crippen molar-refractivity contribution < 1.29 is 18.5 Å². The Morgan fingerprint density at radius 3 is 2.59 bits per heavy atom. The number of nitrogens with one attached hydrogen (secondary N) is 1. The zero-order valence-corrected chi connectivity index (χ0v) is 17.8. The highest BCUT2D eigenvalue weighted by atomic mass is 16.5. The number of piperidine rings is 1. The SMILES string of the molecule is NC(=O)C1CCN(CCc2ccc(NC(=O)CCc3nc(-c4ccco4)no3)cc2)CC1. The molecule has 1 aromatic carbocycles. The number of likely N-dealkylation sites (tertiary alicyclic amines) is 1. The highest BCUT2D eigenvalue weighted by Gasteiger charge is 2.22. The van der Waals surface area contributed by atoms with Crippen molar-refractivity contribution in [3.05, 3.63) is 54.1 Å². The second-order valence-electron chi connectivity index (χ2n) is 8.00. The van der Waals surface area contributed by atoms with E-state index in [4.69, 9.17) is 14.7 Å². The van der Waals surface area contributed by atoms with Gasteiger partial charge in [-0.15, -0.1) is 0 Å². The lowest BCUT2D eigenvalue weighted by Gasteiger charge is -2.30. The van der Waals surface area contributed by atoms with Gasteiger partial charge in [0.25, 0.3) is 0 Å². The maximum absolute atomic E-state index is 12.3. The zero-order chi connectivity index (χ0) is 22.3. The molecule has 0 atom stereocenters. The maximum Gasteiger partial charge on any atom is 0.238 e. The molecule has 32 heavy (non-hydrogen) atoms. The summed E-state index contributed by atoms with van der Waals surface area (Å²) in [6.45, 7) is 2.76. The molecule has 1 fully saturated rings. The third-order valence-electron chi connectivity index (χ3n) is 5.72. The van der Waals surface area contributed by atoms with Crippen molar-refractivity contribution in [2.45, 2.75) is 32.1 Å². The van der Waals surface area contributed by atoms with Crippen molar-refractivity contribution in [3.8, 4) is 11.6 Å². The summed E-state index contributed by atoms with van der Waals surface area (Å²) >= 11 is 0. The summed E-state index contributed by atoms with van der Waals surface area (Å²) in [5.41, 5.74) is 7.35. The number of nitrogens with two attached hydrogens (primary N) is 1. The third kappa shape index (κ3) is 5.82. The Kier molecular flexibility index (Phi) is 6.96. The molecule has 3 aromatic rings. The fraction of sp³-hybridized carbons (Fsp3) is 0.391. The van der Waals surface area contributed by atoms with Gasteiger partial charge in [-0.2, -0.15) is 4.98 Å². The highest BCUT2D eigenvalue weighted by molar-refractivity contribution is 5.90. The molecule has 3 heterocycles. The summed E-state index contributed by atoms with van der Waals surface area (Å²) in [4.78, 5) is 30.1. The molecule has 0 unspecified atom stereocenters. The smallest absolute Gasteiger partial charge is 0.238 e. The largest absolute Gasteiger partial charge is 0.461 e. The van der Waals surface area contributed by atoms with Gasteiger partial charge < -0.3 is 24.9 Å². The molecule has 0 aliphatic carbocycles. The second-order valence-corrected chi connectivity index (χ2v) is 8.00. The fourth-order valence-electron chi connectivity index (χ4n) is 3.79. The number of aromatic nitrogens is 2. The molecule has 0 radical (unpaired) electrons. The minimum absolute atomic E-state index is 0.0204. The summed E-state index contributed by atoms with van der Waals surface area (Å²) in [5, 5.41) is 6.75. The third-order valence-corrected chi connectivity index (χ3v) is 5.72. The van der Waals surface area contributed by atoms with Crippen LogP contribution in [0.5, 0.6) is 0 Å². The van der Waals surface area contributed by atoms with Crippen LogP contribution in [0.4, 0.5) is 5.69 Å². The minimum Gasteiger partial charge on any atom is -0.461 e. The molecule has 168 valence electrons. The van der Waals surface area contributed by atoms with E-state index in [2.05, 4.69) is 20.4 Å². The maximum atomic E-state index is 12.3. The topological polar surface area (TPSA) is 127 Å². The Balaban J connectivity index is 1.18. The van der Waals surface area contributed by atoms with Crippen molar-refractivity contribution in [1.82, 2.24) is 15.0 Å². The van der Waals surface area contributed by atoms with Crippen LogP contribution in [0.1, 0.15) is 30.7 Å². The Labute approximate surface area is 186 Å². The van der Waals surface area contributed by atoms with Crippen LogP contribution in [0.15, 0.2) is 51.6 Å². The van der Waals surface area contributed by atoms with E-state index in [9.17, 15) is 9.59 Å². The lowest BCUT2D eigenvalue weighted by molar-refractivity contribution is -0.123. The molecule has 1 aliphatic heterocycles. The van der Waals surface area contributed by atoms with E-state index in [0.717, 1.165) is 44.6 Å². The van der Waals surface area contributed by atoms with Gasteiger partial charge in [0.1, 0.15) is 0 Å². The normalized spacial score (nSPS) is 15.0. The minimum atomic E-state index is -0.182. The van der Waals surface area contributed by atoms with Crippen molar-refractivity contribution in [1.29, 1.82) is 0 Å². The van der Waals surface area contributed by atoms with Crippen LogP contribution in [0.25, 0.3) is 11.6 Å². The van der Waals surface area contributed by atoms with Crippen LogP contribution < -0.4 is 11.1 Å². The van der Waals surface area contributed by atoms with Crippen molar-refractivity contribution in [2.24, 2.45) is 11.7 Å². The lowest BCUT2D eigenvalue weighted by atomic mass is 9.96. The van der Waals surface area contributed by atoms with Gasteiger partial charge in [0.15, 0.2) is 5.76 Å². The Morgan fingerprint density at radius 1 is 1.12 bits per heavy atom. The van der Waals surface area contributed by atoms with Gasteiger partial charge in [-0.25, -0.2) is 0 Å². The van der Waals surface area contributed by atoms with Gasteiger partial charge in [-0.05, 0) is 62.2 Å². The van der Waals surface area contributed by atoms with Crippen LogP contribution >= 0.6 is 0 Å². The number of hydrogen-bond acceptors (Lipinski definition) is 7. The van der Waals surface area contributed by atoms with E-state index in [1.54, 1.807) is 18.4 Å². The molecule has 1 aliphatic rings. The molecule has 9 nitrogen and oxygen atoms in total. The number of nitrogens with zero attached hydrogens (tertiary/aromatic N) is 3. The predicted octanol–water partition coefficient (Wildman–Crippen LogP) is 2.64. The highest BCUT2D eigenvalue weighted by Crippen LogP contribution is 2.18. The molecule has 0 spiro atoms. The molecule has 4 rings (SSSR count). The monoisotopic (exact) mass is 437 g/mol. The van der Waals surface area contributed by atoms with E-state index in [1.165, 1.54) is 5.56 Å². The second kappa shape index (κ2) is 10.2. The predicted molar refractivity (Wildman–Crippen MR) is 117 cm³/mol. The van der Waals surface area contributed by atoms with E-state index in [-0.39, 0.29) is 24.2 Å². The number of aryl methyl sites for hydroxylation is 1. The van der Waals surface area contributed by atoms with E-state index in [1.807, 2.05) is 24.3 Å². The van der Waals surface area contributed by atoms with Gasteiger partial charge in [0.05, 0.1) is 6.26 Å². The molecule has 2 aromatic heterocycles. The lowest BCUT2D eigenvalue weighted by Crippen LogP contribution is -2.39. The number of hydrogen-bond donors (Lipinski definition) is 2. The number of carbonyl (C=O) groups is 2. The van der Waals surface area contributed by atoms with Crippen LogP contribution in [-0.4, -0.2) is 46.5 Å². The Bertz CT molecular complexity index is 1020. The number of anilines is 1. The first-order valence-corrected chi connectivity index (χ1v) is 10.8. The van der Waals surface area contributed by atoms with Crippen LogP contribution in [0.3, 0.4) is 0 Å². The van der Waals surface area contributed by atoms with Crippen LogP contribution in [-0.2, 0) is 22.4 Å². The first kappa shape index (κ1) is 21.8. The van der Waals surface area contributed by atoms with Gasteiger partial charge in [0, 0.05) is 31.0 Å². The molecule has 3 N–H and O–H groups in total. The molecule has 2 amide bonds. The number of amides is 2. The summed E-state index contributed by atoms with van der Waals surface area (Å²) in [6, 6.07) is 11.4. The standard InChI is InChI=1S/C23H27N5O4/c24-22(30)17-10-13-28(14-11-17)12-9-16-3-5-18(6-4-16)25-20(29)7-8-21-26-23(27-32-21)19-2-1-15-31-19/h1-6,15,17H,7-14H2,(H2,24,30)(H,25,29). The summed E-state index contributed by atoms with van der Waals surface area (Å²) in [6.07, 6.45) is 4.73. The molecular weight excluding hydrogens is 410 g/mol. The first-order chi connectivity index (χ1) is 15.6. The molecular formula is C23H27N5O4. The van der Waals surface area contributed by atoms with Crippen molar-refractivity contribution >= 4 is 17.5 Å². The number of carbonyl (C=O) groups excluding carboxylic acids is 2. The van der Waals surface area contributed by atoms with Gasteiger partial charge >= 0.3 is 0 Å². The molecule has 1 saturated heterocycles. The van der Waals surface area contributed by atoms with Crippen LogP contribution in [0.2, 0.25) is 0 Å². The van der Waals surface area contributed by atoms with Crippen LogP contribution in [0, 0.1) is 5.92 Å². The first-order valence-electron chi connectivity index (χ1n) is 10.8. The summed E-state index contributed by atoms with van der Waals surface area (Å²) in [5.74, 6) is 1.01. The molecule has 9 heteroatoms. The number of furan rings is 1. The molecule has 0 saturated carbocycles. The zero-order valence-electron chi connectivity index (χ0n) is 17.8. The Morgan fingerprint density at radius 2 is 1.91 bits per heavy atom. The number of primary amides is 1. The number of rotatable bonds is 9. The summed E-state index contributed by atoms with van der Waals surface area (Å²) in [7, 11) is 0. The quantitative estimate of drug-likeness (QED) is 0.527. The van der Waals surface area contributed by atoms with Crippen molar-refractivity contribution in [2.75, 3.05) is 25.0 Å². The number of benzene rings is 1. The van der Waals surface area contributed by atoms with Gasteiger partial charge in [-0.1, -0.05) is 17.3 Å². The van der Waals surface area contributed by atoms with Gasteiger partial charge in [-0.3, -0.25) is 9.59 Å². The Hall–Kier alpha value is -3.46. The molecule has 0 bridgehead atoms. The van der Waals surface area contributed by atoms with E-state index >= 15 is 0 Å². The summed E-state index contributed by atoms with van der Waals surface area (Å²) < 4.78 is 10.4. The van der Waals surface area contributed by atoms with Gasteiger partial charge in [0.2, 0.25) is 23.5 Å². The van der Waals surface area contributed by atoms with E-state index in [0.29, 0.717) is 23.9 Å². The van der Waals surface area contributed by atoms with Crippen molar-refractivity contribution in [3.63, 3.8) is 0 Å². The average molecular weight is 438 g/mol. The van der Waals surface area contributed by atoms with E-state index < -0.39 is 0 Å². The average Bonchev–Trinajstić information content (AvgIpc) is 3.49.